The lowest BCUT2D eigenvalue weighted by Crippen LogP contribution is -2.52. The average molecular weight is 329 g/mol. The number of rotatable bonds is 3. The standard InChI is InChI=1S/C16H27NO4S/c1-11-8-17(9-12(2)21-11)22(19,20)10-16-6-5-13(7-14(16)18)15(16,3)4/h11-13H,5-10H2,1-4H3/t11-,12+,13-,16-/m1/s1. The third-order valence-corrected chi connectivity index (χ3v) is 8.29. The molecule has 3 aliphatic rings. The molecule has 0 aromatic rings. The van der Waals surface area contributed by atoms with Crippen LogP contribution in [0.2, 0.25) is 0 Å². The molecular formula is C16H27NO4S. The van der Waals surface area contributed by atoms with Gasteiger partial charge in [-0.3, -0.25) is 4.79 Å². The van der Waals surface area contributed by atoms with E-state index >= 15 is 0 Å². The van der Waals surface area contributed by atoms with Crippen molar-refractivity contribution in [1.82, 2.24) is 4.31 Å². The molecule has 2 bridgehead atoms. The zero-order valence-corrected chi connectivity index (χ0v) is 14.8. The summed E-state index contributed by atoms with van der Waals surface area (Å²) >= 11 is 0. The Balaban J connectivity index is 1.87. The van der Waals surface area contributed by atoms with E-state index in [4.69, 9.17) is 4.74 Å². The summed E-state index contributed by atoms with van der Waals surface area (Å²) in [6, 6.07) is 0. The Bertz CT molecular complexity index is 575. The van der Waals surface area contributed by atoms with Gasteiger partial charge in [0.2, 0.25) is 10.0 Å². The lowest BCUT2D eigenvalue weighted by atomic mass is 9.70. The second-order valence-electron chi connectivity index (χ2n) is 8.00. The molecule has 5 nitrogen and oxygen atoms in total. The molecule has 0 amide bonds. The van der Waals surface area contributed by atoms with E-state index < -0.39 is 15.4 Å². The van der Waals surface area contributed by atoms with Crippen molar-refractivity contribution in [3.8, 4) is 0 Å². The van der Waals surface area contributed by atoms with Crippen LogP contribution in [0.5, 0.6) is 0 Å². The predicted octanol–water partition coefficient (Wildman–Crippen LogP) is 1.82. The second-order valence-corrected chi connectivity index (χ2v) is 9.97. The van der Waals surface area contributed by atoms with Gasteiger partial charge in [-0.2, -0.15) is 4.31 Å². The van der Waals surface area contributed by atoms with Crippen molar-refractivity contribution >= 4 is 15.8 Å². The van der Waals surface area contributed by atoms with Crippen molar-refractivity contribution in [1.29, 1.82) is 0 Å². The maximum Gasteiger partial charge on any atom is 0.215 e. The van der Waals surface area contributed by atoms with Gasteiger partial charge in [0.05, 0.1) is 18.0 Å². The van der Waals surface area contributed by atoms with Gasteiger partial charge in [-0.15, -0.1) is 0 Å². The van der Waals surface area contributed by atoms with Crippen LogP contribution in [0.4, 0.5) is 0 Å². The van der Waals surface area contributed by atoms with Gasteiger partial charge in [0.25, 0.3) is 0 Å². The largest absolute Gasteiger partial charge is 0.373 e. The molecule has 0 aromatic carbocycles. The molecular weight excluding hydrogens is 302 g/mol. The molecule has 0 aromatic heterocycles. The van der Waals surface area contributed by atoms with Crippen LogP contribution in [0.1, 0.15) is 47.0 Å². The van der Waals surface area contributed by atoms with Crippen LogP contribution >= 0.6 is 0 Å². The average Bonchev–Trinajstić information content (AvgIpc) is 2.71. The number of sulfonamides is 1. The summed E-state index contributed by atoms with van der Waals surface area (Å²) in [4.78, 5) is 12.6. The highest BCUT2D eigenvalue weighted by Crippen LogP contribution is 2.64. The predicted molar refractivity (Wildman–Crippen MR) is 83.9 cm³/mol. The highest BCUT2D eigenvalue weighted by atomic mass is 32.2. The SMILES string of the molecule is C[C@@H]1CN(S(=O)(=O)C[C@]23CC[C@H](CC2=O)C3(C)C)C[C@H](C)O1. The van der Waals surface area contributed by atoms with E-state index in [0.717, 1.165) is 12.8 Å². The zero-order valence-electron chi connectivity index (χ0n) is 14.0. The number of nitrogens with zero attached hydrogens (tertiary/aromatic N) is 1. The monoisotopic (exact) mass is 329 g/mol. The zero-order chi connectivity index (χ0) is 16.3. The van der Waals surface area contributed by atoms with Crippen molar-refractivity contribution < 1.29 is 17.9 Å². The van der Waals surface area contributed by atoms with Crippen molar-refractivity contribution in [2.75, 3.05) is 18.8 Å². The van der Waals surface area contributed by atoms with E-state index in [0.29, 0.717) is 25.4 Å². The highest BCUT2D eigenvalue weighted by molar-refractivity contribution is 7.89. The topological polar surface area (TPSA) is 63.7 Å². The van der Waals surface area contributed by atoms with Gasteiger partial charge < -0.3 is 4.74 Å². The summed E-state index contributed by atoms with van der Waals surface area (Å²) in [7, 11) is -3.45. The fourth-order valence-corrected chi connectivity index (χ4v) is 7.23. The van der Waals surface area contributed by atoms with Gasteiger partial charge in [-0.25, -0.2) is 8.42 Å². The van der Waals surface area contributed by atoms with Gasteiger partial charge in [0.1, 0.15) is 5.78 Å². The molecule has 0 N–H and O–H groups in total. The van der Waals surface area contributed by atoms with Crippen LogP contribution in [0.25, 0.3) is 0 Å². The maximum absolute atomic E-state index is 13.0. The lowest BCUT2D eigenvalue weighted by molar-refractivity contribution is -0.128. The molecule has 2 aliphatic carbocycles. The van der Waals surface area contributed by atoms with Gasteiger partial charge in [0, 0.05) is 24.9 Å². The molecule has 22 heavy (non-hydrogen) atoms. The summed E-state index contributed by atoms with van der Waals surface area (Å²) in [6.07, 6.45) is 2.06. The first-order chi connectivity index (χ1) is 10.1. The van der Waals surface area contributed by atoms with E-state index in [2.05, 4.69) is 13.8 Å². The molecule has 1 heterocycles. The fourth-order valence-electron chi connectivity index (χ4n) is 4.87. The van der Waals surface area contributed by atoms with Crippen molar-refractivity contribution in [2.45, 2.75) is 59.2 Å². The number of morpholine rings is 1. The van der Waals surface area contributed by atoms with E-state index in [-0.39, 0.29) is 29.2 Å². The number of Topliss-reactive ketones (excluding diaryl/α,β-unsaturated/α-hetero) is 1. The van der Waals surface area contributed by atoms with Crippen molar-refractivity contribution in [3.05, 3.63) is 0 Å². The Hall–Kier alpha value is -0.460. The Morgan fingerprint density at radius 1 is 1.23 bits per heavy atom. The smallest absolute Gasteiger partial charge is 0.215 e. The normalized spacial score (nSPS) is 42.0. The second kappa shape index (κ2) is 5.02. The fraction of sp³-hybridized carbons (Fsp3) is 0.938. The van der Waals surface area contributed by atoms with Crippen molar-refractivity contribution in [3.63, 3.8) is 0 Å². The van der Waals surface area contributed by atoms with Gasteiger partial charge in [0.15, 0.2) is 0 Å². The summed E-state index contributed by atoms with van der Waals surface area (Å²) in [5.41, 5.74) is -0.887. The summed E-state index contributed by atoms with van der Waals surface area (Å²) in [6.45, 7) is 8.73. The third-order valence-electron chi connectivity index (χ3n) is 6.35. The third kappa shape index (κ3) is 2.26. The van der Waals surface area contributed by atoms with E-state index in [1.54, 1.807) is 0 Å². The molecule has 3 rings (SSSR count). The molecule has 6 heteroatoms. The molecule has 0 radical (unpaired) electrons. The van der Waals surface area contributed by atoms with Crippen LogP contribution in [-0.4, -0.2) is 49.6 Å². The van der Waals surface area contributed by atoms with Crippen LogP contribution in [-0.2, 0) is 19.6 Å². The molecule has 126 valence electrons. The van der Waals surface area contributed by atoms with E-state index in [1.165, 1.54) is 4.31 Å². The quantitative estimate of drug-likeness (QED) is 0.792. The number of carbonyl (C=O) groups excluding carboxylic acids is 1. The minimum Gasteiger partial charge on any atom is -0.373 e. The molecule has 4 atom stereocenters. The van der Waals surface area contributed by atoms with Crippen LogP contribution in [0.3, 0.4) is 0 Å². The summed E-state index contributed by atoms with van der Waals surface area (Å²) < 4.78 is 33.1. The first kappa shape index (κ1) is 16.4. The summed E-state index contributed by atoms with van der Waals surface area (Å²) in [5, 5.41) is 0. The van der Waals surface area contributed by atoms with Crippen molar-refractivity contribution in [2.24, 2.45) is 16.7 Å². The molecule has 0 spiro atoms. The minimum absolute atomic E-state index is 0.0260. The van der Waals surface area contributed by atoms with E-state index in [1.807, 2.05) is 13.8 Å². The van der Waals surface area contributed by atoms with E-state index in [9.17, 15) is 13.2 Å². The molecule has 3 fully saturated rings. The Labute approximate surface area is 133 Å². The first-order valence-corrected chi connectivity index (χ1v) is 9.86. The molecule has 1 aliphatic heterocycles. The Morgan fingerprint density at radius 2 is 1.82 bits per heavy atom. The Morgan fingerprint density at radius 3 is 2.27 bits per heavy atom. The molecule has 2 saturated carbocycles. The number of ketones is 1. The number of carbonyl (C=O) groups is 1. The maximum atomic E-state index is 13.0. The lowest BCUT2D eigenvalue weighted by Gasteiger charge is -2.40. The highest BCUT2D eigenvalue weighted by Gasteiger charge is 2.65. The van der Waals surface area contributed by atoms with Crippen LogP contribution < -0.4 is 0 Å². The van der Waals surface area contributed by atoms with Gasteiger partial charge in [-0.1, -0.05) is 13.8 Å². The Kier molecular flexibility index (Phi) is 3.74. The number of ether oxygens (including phenoxy) is 1. The molecule has 1 saturated heterocycles. The van der Waals surface area contributed by atoms with Gasteiger partial charge in [-0.05, 0) is 38.0 Å². The van der Waals surface area contributed by atoms with Crippen LogP contribution in [0.15, 0.2) is 0 Å². The summed E-state index contributed by atoms with van der Waals surface area (Å²) in [5.74, 6) is 0.478. The van der Waals surface area contributed by atoms with Gasteiger partial charge >= 0.3 is 0 Å². The van der Waals surface area contributed by atoms with Crippen LogP contribution in [0, 0.1) is 16.7 Å². The first-order valence-electron chi connectivity index (χ1n) is 8.25. The molecule has 0 unspecified atom stereocenters. The number of fused-ring (bicyclic) bond motifs is 2. The number of hydrogen-bond donors (Lipinski definition) is 0. The minimum atomic E-state index is -3.45. The number of hydrogen-bond acceptors (Lipinski definition) is 4.